The van der Waals surface area contributed by atoms with Gasteiger partial charge < -0.3 is 14.6 Å². The lowest BCUT2D eigenvalue weighted by Gasteiger charge is -2.17. The molecule has 1 heterocycles. The van der Waals surface area contributed by atoms with E-state index in [1.54, 1.807) is 30.3 Å². The van der Waals surface area contributed by atoms with Gasteiger partial charge in [-0.25, -0.2) is 9.78 Å². The van der Waals surface area contributed by atoms with E-state index in [1.165, 1.54) is 6.20 Å². The highest BCUT2D eigenvalue weighted by Crippen LogP contribution is 2.26. The minimum Gasteiger partial charge on any atom is -0.494 e. The fourth-order valence-electron chi connectivity index (χ4n) is 2.05. The average Bonchev–Trinajstić information content (AvgIpc) is 2.55. The maximum absolute atomic E-state index is 11.3. The Morgan fingerprint density at radius 1 is 1.30 bits per heavy atom. The minimum absolute atomic E-state index is 0.00624. The van der Waals surface area contributed by atoms with Crippen LogP contribution >= 0.6 is 0 Å². The van der Waals surface area contributed by atoms with Gasteiger partial charge in [0.1, 0.15) is 12.0 Å². The van der Waals surface area contributed by atoms with E-state index in [4.69, 9.17) is 4.74 Å². The van der Waals surface area contributed by atoms with Crippen LogP contribution in [0.5, 0.6) is 5.75 Å². The number of carboxylic acid groups (broad SMARTS) is 1. The highest BCUT2D eigenvalue weighted by molar-refractivity contribution is 5.93. The summed E-state index contributed by atoms with van der Waals surface area (Å²) in [6.07, 6.45) is 2.98. The van der Waals surface area contributed by atoms with Crippen LogP contribution in [-0.2, 0) is 4.79 Å². The van der Waals surface area contributed by atoms with Gasteiger partial charge in [0.15, 0.2) is 5.69 Å². The standard InChI is InChI=1S/C18H19NO4/c1-18(2,12-20)8-10-23-14-6-3-5-13(11-14)15-7-4-9-19-16(15)17(21)22/h3-7,9,11-12H,8,10H2,1-2H3,(H,21,22). The van der Waals surface area contributed by atoms with E-state index < -0.39 is 11.4 Å². The Morgan fingerprint density at radius 3 is 2.78 bits per heavy atom. The lowest BCUT2D eigenvalue weighted by atomic mass is 9.92. The summed E-state index contributed by atoms with van der Waals surface area (Å²) in [5, 5.41) is 9.23. The fourth-order valence-corrected chi connectivity index (χ4v) is 2.05. The Balaban J connectivity index is 2.18. The van der Waals surface area contributed by atoms with E-state index in [1.807, 2.05) is 19.9 Å². The van der Waals surface area contributed by atoms with Crippen molar-refractivity contribution in [3.05, 3.63) is 48.3 Å². The summed E-state index contributed by atoms with van der Waals surface area (Å²) in [5.74, 6) is -0.441. The molecule has 0 amide bonds. The summed E-state index contributed by atoms with van der Waals surface area (Å²) >= 11 is 0. The second-order valence-electron chi connectivity index (χ2n) is 5.94. The van der Waals surface area contributed by atoms with Gasteiger partial charge in [0.05, 0.1) is 6.61 Å². The average molecular weight is 313 g/mol. The Bertz CT molecular complexity index is 710. The topological polar surface area (TPSA) is 76.5 Å². The molecule has 0 aliphatic heterocycles. The van der Waals surface area contributed by atoms with Crippen molar-refractivity contribution < 1.29 is 19.4 Å². The molecule has 0 unspecified atom stereocenters. The highest BCUT2D eigenvalue weighted by Gasteiger charge is 2.16. The van der Waals surface area contributed by atoms with E-state index in [0.29, 0.717) is 24.3 Å². The van der Waals surface area contributed by atoms with Crippen LogP contribution in [0, 0.1) is 5.41 Å². The number of ether oxygens (including phenoxy) is 1. The molecule has 23 heavy (non-hydrogen) atoms. The van der Waals surface area contributed by atoms with Gasteiger partial charge in [-0.15, -0.1) is 0 Å². The number of hydrogen-bond acceptors (Lipinski definition) is 4. The molecule has 0 saturated carbocycles. The van der Waals surface area contributed by atoms with Crippen LogP contribution in [0.15, 0.2) is 42.6 Å². The maximum atomic E-state index is 11.3. The van der Waals surface area contributed by atoms with Crippen LogP contribution in [0.25, 0.3) is 11.1 Å². The Morgan fingerprint density at radius 2 is 2.09 bits per heavy atom. The Labute approximate surface area is 134 Å². The van der Waals surface area contributed by atoms with E-state index in [0.717, 1.165) is 11.8 Å². The molecule has 120 valence electrons. The monoisotopic (exact) mass is 313 g/mol. The molecule has 1 aromatic carbocycles. The van der Waals surface area contributed by atoms with Crippen molar-refractivity contribution >= 4 is 12.3 Å². The number of nitrogens with zero attached hydrogens (tertiary/aromatic N) is 1. The molecule has 0 saturated heterocycles. The number of aromatic carboxylic acids is 1. The molecule has 0 aliphatic carbocycles. The molecule has 2 rings (SSSR count). The number of benzene rings is 1. The number of aromatic nitrogens is 1. The third-order valence-corrected chi connectivity index (χ3v) is 3.49. The smallest absolute Gasteiger partial charge is 0.355 e. The maximum Gasteiger partial charge on any atom is 0.355 e. The summed E-state index contributed by atoms with van der Waals surface area (Å²) < 4.78 is 5.68. The van der Waals surface area contributed by atoms with Crippen molar-refractivity contribution in [3.8, 4) is 16.9 Å². The van der Waals surface area contributed by atoms with Crippen LogP contribution < -0.4 is 4.74 Å². The van der Waals surface area contributed by atoms with Crippen molar-refractivity contribution in [2.75, 3.05) is 6.61 Å². The van der Waals surface area contributed by atoms with Gasteiger partial charge in [-0.1, -0.05) is 32.0 Å². The van der Waals surface area contributed by atoms with Crippen molar-refractivity contribution in [1.29, 1.82) is 0 Å². The number of hydrogen-bond donors (Lipinski definition) is 1. The van der Waals surface area contributed by atoms with Crippen molar-refractivity contribution in [1.82, 2.24) is 4.98 Å². The summed E-state index contributed by atoms with van der Waals surface area (Å²) in [6, 6.07) is 10.6. The largest absolute Gasteiger partial charge is 0.494 e. The Kier molecular flexibility index (Phi) is 5.11. The zero-order valence-corrected chi connectivity index (χ0v) is 13.2. The normalized spacial score (nSPS) is 11.0. The van der Waals surface area contributed by atoms with Crippen molar-refractivity contribution in [3.63, 3.8) is 0 Å². The number of aldehydes is 1. The summed E-state index contributed by atoms with van der Waals surface area (Å²) in [6.45, 7) is 4.12. The van der Waals surface area contributed by atoms with Gasteiger partial charge in [-0.2, -0.15) is 0 Å². The lowest BCUT2D eigenvalue weighted by molar-refractivity contribution is -0.115. The molecule has 0 fully saturated rings. The summed E-state index contributed by atoms with van der Waals surface area (Å²) in [7, 11) is 0. The Hall–Kier alpha value is -2.69. The molecule has 1 N–H and O–H groups in total. The zero-order valence-electron chi connectivity index (χ0n) is 13.2. The second kappa shape index (κ2) is 7.05. The van der Waals surface area contributed by atoms with E-state index in [9.17, 15) is 14.7 Å². The van der Waals surface area contributed by atoms with Gasteiger partial charge in [0, 0.05) is 17.2 Å². The van der Waals surface area contributed by atoms with Crippen LogP contribution in [-0.4, -0.2) is 29.0 Å². The number of pyridine rings is 1. The van der Waals surface area contributed by atoms with Gasteiger partial charge in [0.25, 0.3) is 0 Å². The number of rotatable bonds is 7. The van der Waals surface area contributed by atoms with Crippen molar-refractivity contribution in [2.45, 2.75) is 20.3 Å². The number of carbonyl (C=O) groups excluding carboxylic acids is 1. The van der Waals surface area contributed by atoms with Gasteiger partial charge in [-0.3, -0.25) is 0 Å². The molecule has 5 heteroatoms. The molecule has 5 nitrogen and oxygen atoms in total. The summed E-state index contributed by atoms with van der Waals surface area (Å²) in [5.41, 5.74) is 0.852. The molecule has 0 atom stereocenters. The molecule has 0 bridgehead atoms. The molecular formula is C18H19NO4. The number of carbonyl (C=O) groups is 2. The molecule has 1 aromatic heterocycles. The van der Waals surface area contributed by atoms with Crippen LogP contribution in [0.2, 0.25) is 0 Å². The first-order valence-corrected chi connectivity index (χ1v) is 7.31. The van der Waals surface area contributed by atoms with E-state index >= 15 is 0 Å². The first kappa shape index (κ1) is 16.7. The zero-order chi connectivity index (χ0) is 16.9. The minimum atomic E-state index is -1.07. The first-order valence-electron chi connectivity index (χ1n) is 7.31. The SMILES string of the molecule is CC(C)(C=O)CCOc1cccc(-c2cccnc2C(=O)O)c1. The molecular weight excluding hydrogens is 294 g/mol. The predicted octanol–water partition coefficient (Wildman–Crippen LogP) is 3.44. The van der Waals surface area contributed by atoms with E-state index in [-0.39, 0.29) is 5.69 Å². The number of carboxylic acids is 1. The van der Waals surface area contributed by atoms with Crippen LogP contribution in [0.3, 0.4) is 0 Å². The molecule has 0 spiro atoms. The molecule has 2 aromatic rings. The second-order valence-corrected chi connectivity index (χ2v) is 5.94. The molecule has 0 aliphatic rings. The fraction of sp³-hybridized carbons (Fsp3) is 0.278. The first-order chi connectivity index (χ1) is 10.9. The molecule has 0 radical (unpaired) electrons. The van der Waals surface area contributed by atoms with Crippen LogP contribution in [0.4, 0.5) is 0 Å². The lowest BCUT2D eigenvalue weighted by Crippen LogP contribution is -2.16. The predicted molar refractivity (Wildman–Crippen MR) is 86.6 cm³/mol. The third-order valence-electron chi connectivity index (χ3n) is 3.49. The van der Waals surface area contributed by atoms with Gasteiger partial charge >= 0.3 is 5.97 Å². The third kappa shape index (κ3) is 4.39. The van der Waals surface area contributed by atoms with Gasteiger partial charge in [-0.05, 0) is 30.2 Å². The van der Waals surface area contributed by atoms with E-state index in [2.05, 4.69) is 4.98 Å². The van der Waals surface area contributed by atoms with Crippen LogP contribution in [0.1, 0.15) is 30.8 Å². The quantitative estimate of drug-likeness (QED) is 0.792. The van der Waals surface area contributed by atoms with Crippen molar-refractivity contribution in [2.24, 2.45) is 5.41 Å². The van der Waals surface area contributed by atoms with Gasteiger partial charge in [0.2, 0.25) is 0 Å². The highest BCUT2D eigenvalue weighted by atomic mass is 16.5. The summed E-state index contributed by atoms with van der Waals surface area (Å²) in [4.78, 5) is 26.1.